The SMILES string of the molecule is OC(COc1cccc2c1CC=CC2)Cn1cccn1. The first-order valence-electron chi connectivity index (χ1n) is 6.87. The smallest absolute Gasteiger partial charge is 0.123 e. The third-order valence-corrected chi connectivity index (χ3v) is 3.44. The molecule has 4 heteroatoms. The van der Waals surface area contributed by atoms with E-state index in [9.17, 15) is 5.11 Å². The summed E-state index contributed by atoms with van der Waals surface area (Å²) in [5, 5.41) is 14.1. The minimum Gasteiger partial charge on any atom is -0.491 e. The summed E-state index contributed by atoms with van der Waals surface area (Å²) in [7, 11) is 0. The maximum atomic E-state index is 9.99. The Morgan fingerprint density at radius 2 is 2.15 bits per heavy atom. The molecule has 4 nitrogen and oxygen atoms in total. The normalized spacial score (nSPS) is 14.8. The lowest BCUT2D eigenvalue weighted by Crippen LogP contribution is -2.24. The van der Waals surface area contributed by atoms with E-state index in [4.69, 9.17) is 4.74 Å². The molecular formula is C16H18N2O2. The monoisotopic (exact) mass is 270 g/mol. The fourth-order valence-corrected chi connectivity index (χ4v) is 2.44. The molecule has 3 rings (SSSR count). The molecule has 0 spiro atoms. The van der Waals surface area contributed by atoms with E-state index in [2.05, 4.69) is 23.3 Å². The van der Waals surface area contributed by atoms with Gasteiger partial charge in [-0.05, 0) is 30.5 Å². The van der Waals surface area contributed by atoms with Gasteiger partial charge in [0.15, 0.2) is 0 Å². The Morgan fingerprint density at radius 3 is 3.00 bits per heavy atom. The number of hydrogen-bond donors (Lipinski definition) is 1. The fraction of sp³-hybridized carbons (Fsp3) is 0.312. The van der Waals surface area contributed by atoms with Gasteiger partial charge < -0.3 is 9.84 Å². The van der Waals surface area contributed by atoms with Crippen LogP contribution >= 0.6 is 0 Å². The zero-order valence-electron chi connectivity index (χ0n) is 11.3. The van der Waals surface area contributed by atoms with Crippen molar-refractivity contribution in [2.24, 2.45) is 0 Å². The Morgan fingerprint density at radius 1 is 1.25 bits per heavy atom. The molecule has 0 bridgehead atoms. The maximum Gasteiger partial charge on any atom is 0.123 e. The molecule has 1 aliphatic rings. The van der Waals surface area contributed by atoms with Crippen molar-refractivity contribution in [3.05, 3.63) is 59.9 Å². The van der Waals surface area contributed by atoms with Gasteiger partial charge in [-0.3, -0.25) is 4.68 Å². The van der Waals surface area contributed by atoms with Crippen LogP contribution in [-0.2, 0) is 19.4 Å². The lowest BCUT2D eigenvalue weighted by atomic mass is 9.96. The van der Waals surface area contributed by atoms with Gasteiger partial charge in [-0.1, -0.05) is 24.3 Å². The largest absolute Gasteiger partial charge is 0.491 e. The molecule has 0 radical (unpaired) electrons. The molecule has 2 aromatic rings. The first-order valence-corrected chi connectivity index (χ1v) is 6.87. The standard InChI is InChI=1S/C16H18N2O2/c19-14(11-18-10-4-9-17-18)12-20-16-8-3-6-13-5-1-2-7-15(13)16/h1-4,6,8-10,14,19H,5,7,11-12H2. The predicted octanol–water partition coefficient (Wildman–Crippen LogP) is 1.98. The Labute approximate surface area is 118 Å². The van der Waals surface area contributed by atoms with Crippen LogP contribution in [0.25, 0.3) is 0 Å². The first-order chi connectivity index (χ1) is 9.83. The van der Waals surface area contributed by atoms with Gasteiger partial charge in [-0.15, -0.1) is 0 Å². The number of nitrogens with zero attached hydrogens (tertiary/aromatic N) is 2. The summed E-state index contributed by atoms with van der Waals surface area (Å²) in [5.41, 5.74) is 2.55. The number of allylic oxidation sites excluding steroid dienone is 2. The first kappa shape index (κ1) is 12.9. The van der Waals surface area contributed by atoms with Gasteiger partial charge >= 0.3 is 0 Å². The Hall–Kier alpha value is -2.07. The van der Waals surface area contributed by atoms with Crippen molar-refractivity contribution in [3.63, 3.8) is 0 Å². The van der Waals surface area contributed by atoms with Crippen molar-refractivity contribution < 1.29 is 9.84 Å². The zero-order valence-corrected chi connectivity index (χ0v) is 11.3. The highest BCUT2D eigenvalue weighted by Gasteiger charge is 2.12. The lowest BCUT2D eigenvalue weighted by molar-refractivity contribution is 0.0889. The number of aliphatic hydroxyl groups excluding tert-OH is 1. The third kappa shape index (κ3) is 2.91. The Bertz CT molecular complexity index is 591. The summed E-state index contributed by atoms with van der Waals surface area (Å²) in [6, 6.07) is 7.95. The van der Waals surface area contributed by atoms with Gasteiger partial charge in [0.25, 0.3) is 0 Å². The Kier molecular flexibility index (Phi) is 3.83. The second kappa shape index (κ2) is 5.92. The molecule has 0 amide bonds. The number of fused-ring (bicyclic) bond motifs is 1. The van der Waals surface area contributed by atoms with Crippen LogP contribution in [0.2, 0.25) is 0 Å². The maximum absolute atomic E-state index is 9.99. The van der Waals surface area contributed by atoms with Crippen LogP contribution in [0.15, 0.2) is 48.8 Å². The van der Waals surface area contributed by atoms with Crippen LogP contribution in [0.5, 0.6) is 5.75 Å². The van der Waals surface area contributed by atoms with Crippen LogP contribution in [-0.4, -0.2) is 27.6 Å². The molecule has 0 saturated carbocycles. The quantitative estimate of drug-likeness (QED) is 0.845. The van der Waals surface area contributed by atoms with Gasteiger partial charge in [-0.2, -0.15) is 5.10 Å². The molecule has 1 aliphatic carbocycles. The topological polar surface area (TPSA) is 47.3 Å². The second-order valence-electron chi connectivity index (χ2n) is 4.97. The molecule has 20 heavy (non-hydrogen) atoms. The van der Waals surface area contributed by atoms with Gasteiger partial charge in [0, 0.05) is 18.0 Å². The van der Waals surface area contributed by atoms with E-state index in [0.29, 0.717) is 6.54 Å². The highest BCUT2D eigenvalue weighted by atomic mass is 16.5. The van der Waals surface area contributed by atoms with Crippen molar-refractivity contribution in [3.8, 4) is 5.75 Å². The third-order valence-electron chi connectivity index (χ3n) is 3.44. The van der Waals surface area contributed by atoms with Crippen LogP contribution in [0.4, 0.5) is 0 Å². The minimum absolute atomic E-state index is 0.278. The minimum atomic E-state index is -0.565. The van der Waals surface area contributed by atoms with E-state index in [1.165, 1.54) is 11.1 Å². The van der Waals surface area contributed by atoms with Crippen molar-refractivity contribution in [2.75, 3.05) is 6.61 Å². The molecule has 1 heterocycles. The van der Waals surface area contributed by atoms with E-state index < -0.39 is 6.10 Å². The average molecular weight is 270 g/mol. The Balaban J connectivity index is 1.61. The molecule has 1 aromatic heterocycles. The van der Waals surface area contributed by atoms with Gasteiger partial charge in [-0.25, -0.2) is 0 Å². The molecule has 0 fully saturated rings. The summed E-state index contributed by atoms with van der Waals surface area (Å²) in [5.74, 6) is 0.881. The van der Waals surface area contributed by atoms with Crippen molar-refractivity contribution in [2.45, 2.75) is 25.5 Å². The summed E-state index contributed by atoms with van der Waals surface area (Å²) in [6.07, 6.45) is 9.17. The highest BCUT2D eigenvalue weighted by molar-refractivity contribution is 5.44. The number of benzene rings is 1. The van der Waals surface area contributed by atoms with Crippen LogP contribution in [0.3, 0.4) is 0 Å². The zero-order chi connectivity index (χ0) is 13.8. The molecule has 1 unspecified atom stereocenters. The van der Waals surface area contributed by atoms with E-state index in [-0.39, 0.29) is 6.61 Å². The van der Waals surface area contributed by atoms with Gasteiger partial charge in [0.1, 0.15) is 18.5 Å². The summed E-state index contributed by atoms with van der Waals surface area (Å²) in [4.78, 5) is 0. The molecule has 104 valence electrons. The number of aliphatic hydroxyl groups is 1. The number of rotatable bonds is 5. The van der Waals surface area contributed by atoms with E-state index in [1.54, 1.807) is 10.9 Å². The van der Waals surface area contributed by atoms with Gasteiger partial charge in [0.05, 0.1) is 6.54 Å². The van der Waals surface area contributed by atoms with E-state index in [1.807, 2.05) is 24.4 Å². The lowest BCUT2D eigenvalue weighted by Gasteiger charge is -2.18. The molecule has 0 saturated heterocycles. The molecule has 1 N–H and O–H groups in total. The van der Waals surface area contributed by atoms with E-state index >= 15 is 0 Å². The van der Waals surface area contributed by atoms with E-state index in [0.717, 1.165) is 18.6 Å². The van der Waals surface area contributed by atoms with Crippen molar-refractivity contribution >= 4 is 0 Å². The number of ether oxygens (including phenoxy) is 1. The van der Waals surface area contributed by atoms with Crippen LogP contribution in [0.1, 0.15) is 11.1 Å². The van der Waals surface area contributed by atoms with Gasteiger partial charge in [0.2, 0.25) is 0 Å². The second-order valence-corrected chi connectivity index (χ2v) is 4.97. The average Bonchev–Trinajstić information content (AvgIpc) is 2.98. The summed E-state index contributed by atoms with van der Waals surface area (Å²) < 4.78 is 7.50. The molecule has 1 atom stereocenters. The van der Waals surface area contributed by atoms with Crippen LogP contribution < -0.4 is 4.74 Å². The summed E-state index contributed by atoms with van der Waals surface area (Å²) >= 11 is 0. The molecule has 0 aliphatic heterocycles. The van der Waals surface area contributed by atoms with Crippen molar-refractivity contribution in [1.29, 1.82) is 0 Å². The fourth-order valence-electron chi connectivity index (χ4n) is 2.44. The number of hydrogen-bond acceptors (Lipinski definition) is 3. The molecular weight excluding hydrogens is 252 g/mol. The highest BCUT2D eigenvalue weighted by Crippen LogP contribution is 2.26. The van der Waals surface area contributed by atoms with Crippen molar-refractivity contribution in [1.82, 2.24) is 9.78 Å². The molecule has 1 aromatic carbocycles. The van der Waals surface area contributed by atoms with Crippen LogP contribution in [0, 0.1) is 0 Å². The predicted molar refractivity (Wildman–Crippen MR) is 76.7 cm³/mol. The summed E-state index contributed by atoms with van der Waals surface area (Å²) in [6.45, 7) is 0.724. The number of aromatic nitrogens is 2.